The first kappa shape index (κ1) is 14.1. The van der Waals surface area contributed by atoms with Crippen LogP contribution >= 0.6 is 15.9 Å². The SMILES string of the molecule is Cc1cc2ncn(CCNc3ccccc3Br)c2cc1C. The highest BCUT2D eigenvalue weighted by Gasteiger charge is 2.05. The minimum Gasteiger partial charge on any atom is -0.382 e. The van der Waals surface area contributed by atoms with Gasteiger partial charge in [0.05, 0.1) is 17.4 Å². The van der Waals surface area contributed by atoms with Crippen molar-refractivity contribution in [3.63, 3.8) is 0 Å². The normalized spacial score (nSPS) is 11.0. The fourth-order valence-corrected chi connectivity index (χ4v) is 2.83. The number of benzene rings is 2. The van der Waals surface area contributed by atoms with Crippen molar-refractivity contribution in [3.8, 4) is 0 Å². The van der Waals surface area contributed by atoms with E-state index in [2.05, 4.69) is 62.8 Å². The lowest BCUT2D eigenvalue weighted by Gasteiger charge is -2.10. The van der Waals surface area contributed by atoms with E-state index in [1.54, 1.807) is 0 Å². The van der Waals surface area contributed by atoms with Crippen LogP contribution in [0.4, 0.5) is 5.69 Å². The van der Waals surface area contributed by atoms with E-state index in [9.17, 15) is 0 Å². The summed E-state index contributed by atoms with van der Waals surface area (Å²) < 4.78 is 3.29. The topological polar surface area (TPSA) is 29.9 Å². The summed E-state index contributed by atoms with van der Waals surface area (Å²) in [6, 6.07) is 12.5. The van der Waals surface area contributed by atoms with Gasteiger partial charge in [-0.3, -0.25) is 0 Å². The van der Waals surface area contributed by atoms with Crippen molar-refractivity contribution in [2.45, 2.75) is 20.4 Å². The highest BCUT2D eigenvalue weighted by molar-refractivity contribution is 9.10. The molecule has 0 fully saturated rings. The molecule has 0 radical (unpaired) electrons. The molecule has 0 aliphatic heterocycles. The minimum atomic E-state index is 0.862. The average molecular weight is 344 g/mol. The van der Waals surface area contributed by atoms with Gasteiger partial charge in [-0.05, 0) is 65.2 Å². The summed E-state index contributed by atoms with van der Waals surface area (Å²) in [7, 11) is 0. The molecule has 0 atom stereocenters. The first-order chi connectivity index (χ1) is 10.1. The van der Waals surface area contributed by atoms with Crippen LogP contribution in [0.15, 0.2) is 47.2 Å². The Kier molecular flexibility index (Phi) is 3.97. The Bertz CT molecular complexity index is 777. The molecule has 0 aliphatic carbocycles. The van der Waals surface area contributed by atoms with Gasteiger partial charge in [0.25, 0.3) is 0 Å². The van der Waals surface area contributed by atoms with Crippen LogP contribution in [0.1, 0.15) is 11.1 Å². The third-order valence-electron chi connectivity index (χ3n) is 3.78. The molecule has 0 unspecified atom stereocenters. The van der Waals surface area contributed by atoms with Crippen molar-refractivity contribution >= 4 is 32.7 Å². The second-order valence-corrected chi connectivity index (χ2v) is 6.12. The van der Waals surface area contributed by atoms with Gasteiger partial charge in [-0.25, -0.2) is 4.98 Å². The third kappa shape index (κ3) is 2.95. The highest BCUT2D eigenvalue weighted by atomic mass is 79.9. The third-order valence-corrected chi connectivity index (χ3v) is 4.47. The highest BCUT2D eigenvalue weighted by Crippen LogP contribution is 2.21. The standard InChI is InChI=1S/C17H18BrN3/c1-12-9-16-17(10-13(12)2)21(11-20-16)8-7-19-15-6-4-3-5-14(15)18/h3-6,9-11,19H,7-8H2,1-2H3. The largest absolute Gasteiger partial charge is 0.382 e. The molecule has 3 aromatic rings. The lowest BCUT2D eigenvalue weighted by molar-refractivity contribution is 0.748. The quantitative estimate of drug-likeness (QED) is 0.754. The van der Waals surface area contributed by atoms with E-state index in [1.807, 2.05) is 24.5 Å². The zero-order valence-electron chi connectivity index (χ0n) is 12.2. The molecule has 2 aromatic carbocycles. The molecule has 21 heavy (non-hydrogen) atoms. The maximum absolute atomic E-state index is 4.49. The number of hydrogen-bond acceptors (Lipinski definition) is 2. The molecule has 1 aromatic heterocycles. The number of nitrogens with one attached hydrogen (secondary N) is 1. The number of fused-ring (bicyclic) bond motifs is 1. The molecule has 1 N–H and O–H groups in total. The summed E-state index contributed by atoms with van der Waals surface area (Å²) in [5.41, 5.74) is 5.99. The molecule has 0 spiro atoms. The Labute approximate surface area is 133 Å². The van der Waals surface area contributed by atoms with Gasteiger partial charge in [0, 0.05) is 23.2 Å². The van der Waals surface area contributed by atoms with Gasteiger partial charge < -0.3 is 9.88 Å². The summed E-state index contributed by atoms with van der Waals surface area (Å²) in [5, 5.41) is 3.45. The lowest BCUT2D eigenvalue weighted by atomic mass is 10.1. The zero-order chi connectivity index (χ0) is 14.8. The van der Waals surface area contributed by atoms with Crippen LogP contribution in [0.25, 0.3) is 11.0 Å². The first-order valence-corrected chi connectivity index (χ1v) is 7.85. The molecule has 0 saturated heterocycles. The van der Waals surface area contributed by atoms with E-state index in [0.717, 1.165) is 28.8 Å². The fraction of sp³-hybridized carbons (Fsp3) is 0.235. The van der Waals surface area contributed by atoms with Crippen molar-refractivity contribution in [1.29, 1.82) is 0 Å². The molecular formula is C17H18BrN3. The Balaban J connectivity index is 1.74. The number of hydrogen-bond donors (Lipinski definition) is 1. The number of rotatable bonds is 4. The van der Waals surface area contributed by atoms with Crippen LogP contribution < -0.4 is 5.32 Å². The van der Waals surface area contributed by atoms with Gasteiger partial charge in [-0.1, -0.05) is 12.1 Å². The van der Waals surface area contributed by atoms with Crippen LogP contribution in [-0.2, 0) is 6.54 Å². The predicted molar refractivity (Wildman–Crippen MR) is 91.8 cm³/mol. The second-order valence-electron chi connectivity index (χ2n) is 5.27. The number of nitrogens with zero attached hydrogens (tertiary/aromatic N) is 2. The Morgan fingerprint density at radius 3 is 2.71 bits per heavy atom. The van der Waals surface area contributed by atoms with E-state index in [-0.39, 0.29) is 0 Å². The van der Waals surface area contributed by atoms with Gasteiger partial charge in [-0.15, -0.1) is 0 Å². The Hall–Kier alpha value is -1.81. The van der Waals surface area contributed by atoms with E-state index >= 15 is 0 Å². The van der Waals surface area contributed by atoms with Crippen LogP contribution in [0.2, 0.25) is 0 Å². The van der Waals surface area contributed by atoms with Crippen LogP contribution in [0.3, 0.4) is 0 Å². The summed E-state index contributed by atoms with van der Waals surface area (Å²) in [6.45, 7) is 6.02. The molecule has 0 bridgehead atoms. The molecule has 0 saturated carbocycles. The molecule has 0 aliphatic rings. The van der Waals surface area contributed by atoms with E-state index in [1.165, 1.54) is 16.6 Å². The van der Waals surface area contributed by atoms with Gasteiger partial charge in [0.1, 0.15) is 0 Å². The average Bonchev–Trinajstić information content (AvgIpc) is 2.84. The minimum absolute atomic E-state index is 0.862. The van der Waals surface area contributed by atoms with Crippen molar-refractivity contribution < 1.29 is 0 Å². The monoisotopic (exact) mass is 343 g/mol. The van der Waals surface area contributed by atoms with Crippen LogP contribution in [0, 0.1) is 13.8 Å². The zero-order valence-corrected chi connectivity index (χ0v) is 13.8. The number of imidazole rings is 1. The summed E-state index contributed by atoms with van der Waals surface area (Å²) >= 11 is 3.55. The smallest absolute Gasteiger partial charge is 0.0958 e. The van der Waals surface area contributed by atoms with Gasteiger partial charge >= 0.3 is 0 Å². The predicted octanol–water partition coefficient (Wildman–Crippen LogP) is 4.53. The van der Waals surface area contributed by atoms with Crippen LogP contribution in [-0.4, -0.2) is 16.1 Å². The van der Waals surface area contributed by atoms with Crippen molar-refractivity contribution in [3.05, 3.63) is 58.3 Å². The van der Waals surface area contributed by atoms with Crippen molar-refractivity contribution in [2.75, 3.05) is 11.9 Å². The molecule has 3 rings (SSSR count). The van der Waals surface area contributed by atoms with Crippen molar-refractivity contribution in [2.24, 2.45) is 0 Å². The maximum Gasteiger partial charge on any atom is 0.0958 e. The van der Waals surface area contributed by atoms with Crippen LogP contribution in [0.5, 0.6) is 0 Å². The fourth-order valence-electron chi connectivity index (χ4n) is 2.41. The van der Waals surface area contributed by atoms with E-state index in [0.29, 0.717) is 0 Å². The molecule has 108 valence electrons. The first-order valence-electron chi connectivity index (χ1n) is 7.05. The van der Waals surface area contributed by atoms with Gasteiger partial charge in [0.2, 0.25) is 0 Å². The summed E-state index contributed by atoms with van der Waals surface area (Å²) in [4.78, 5) is 4.49. The number of aryl methyl sites for hydroxylation is 2. The number of para-hydroxylation sites is 1. The number of aromatic nitrogens is 2. The maximum atomic E-state index is 4.49. The molecule has 0 amide bonds. The second kappa shape index (κ2) is 5.90. The van der Waals surface area contributed by atoms with Crippen molar-refractivity contribution in [1.82, 2.24) is 9.55 Å². The molecule has 4 heteroatoms. The summed E-state index contributed by atoms with van der Waals surface area (Å²) in [6.07, 6.45) is 1.92. The molecule has 1 heterocycles. The van der Waals surface area contributed by atoms with E-state index in [4.69, 9.17) is 0 Å². The number of anilines is 1. The van der Waals surface area contributed by atoms with Gasteiger partial charge in [0.15, 0.2) is 0 Å². The Morgan fingerprint density at radius 2 is 1.90 bits per heavy atom. The Morgan fingerprint density at radius 1 is 1.14 bits per heavy atom. The lowest BCUT2D eigenvalue weighted by Crippen LogP contribution is -2.10. The van der Waals surface area contributed by atoms with Gasteiger partial charge in [-0.2, -0.15) is 0 Å². The summed E-state index contributed by atoms with van der Waals surface area (Å²) in [5.74, 6) is 0. The number of halogens is 1. The molecule has 3 nitrogen and oxygen atoms in total. The van der Waals surface area contributed by atoms with E-state index < -0.39 is 0 Å². The molecular weight excluding hydrogens is 326 g/mol.